The van der Waals surface area contributed by atoms with Gasteiger partial charge in [0.1, 0.15) is 5.69 Å². The van der Waals surface area contributed by atoms with Gasteiger partial charge in [-0.15, -0.1) is 0 Å². The SMILES string of the molecule is COc1cc(C)cc(C(C)=O)n1. The van der Waals surface area contributed by atoms with Crippen LogP contribution in [-0.2, 0) is 0 Å². The fourth-order valence-electron chi connectivity index (χ4n) is 0.920. The number of ether oxygens (including phenoxy) is 1. The Balaban J connectivity index is 3.15. The predicted octanol–water partition coefficient (Wildman–Crippen LogP) is 1.60. The first-order valence-electron chi connectivity index (χ1n) is 3.67. The molecule has 0 bridgehead atoms. The smallest absolute Gasteiger partial charge is 0.213 e. The molecule has 0 amide bonds. The minimum atomic E-state index is -0.0444. The van der Waals surface area contributed by atoms with Crippen molar-refractivity contribution in [3.63, 3.8) is 0 Å². The Morgan fingerprint density at radius 2 is 2.17 bits per heavy atom. The lowest BCUT2D eigenvalue weighted by atomic mass is 10.2. The Morgan fingerprint density at radius 3 is 2.67 bits per heavy atom. The normalized spacial score (nSPS) is 9.58. The van der Waals surface area contributed by atoms with E-state index in [1.165, 1.54) is 14.0 Å². The summed E-state index contributed by atoms with van der Waals surface area (Å²) in [6, 6.07) is 3.53. The highest BCUT2D eigenvalue weighted by molar-refractivity contribution is 5.92. The van der Waals surface area contributed by atoms with E-state index in [9.17, 15) is 4.79 Å². The molecule has 0 saturated heterocycles. The van der Waals surface area contributed by atoms with Crippen LogP contribution in [0.15, 0.2) is 12.1 Å². The average molecular weight is 165 g/mol. The van der Waals surface area contributed by atoms with Crippen LogP contribution in [0.5, 0.6) is 5.88 Å². The maximum atomic E-state index is 10.9. The van der Waals surface area contributed by atoms with E-state index in [0.29, 0.717) is 11.6 Å². The molecule has 64 valence electrons. The van der Waals surface area contributed by atoms with Crippen LogP contribution < -0.4 is 4.74 Å². The van der Waals surface area contributed by atoms with Gasteiger partial charge in [0.25, 0.3) is 0 Å². The van der Waals surface area contributed by atoms with Gasteiger partial charge < -0.3 is 4.74 Å². The molecule has 3 heteroatoms. The molecule has 0 aromatic carbocycles. The lowest BCUT2D eigenvalue weighted by Gasteiger charge is -2.02. The lowest BCUT2D eigenvalue weighted by Crippen LogP contribution is -1.99. The van der Waals surface area contributed by atoms with Gasteiger partial charge in [0.15, 0.2) is 5.78 Å². The Morgan fingerprint density at radius 1 is 1.50 bits per heavy atom. The van der Waals surface area contributed by atoms with Gasteiger partial charge in [-0.2, -0.15) is 0 Å². The first kappa shape index (κ1) is 8.71. The summed E-state index contributed by atoms with van der Waals surface area (Å²) in [6.45, 7) is 3.39. The fraction of sp³-hybridized carbons (Fsp3) is 0.333. The van der Waals surface area contributed by atoms with Crippen molar-refractivity contribution < 1.29 is 9.53 Å². The van der Waals surface area contributed by atoms with Gasteiger partial charge in [-0.1, -0.05) is 0 Å². The summed E-state index contributed by atoms with van der Waals surface area (Å²) in [5, 5.41) is 0. The number of hydrogen-bond acceptors (Lipinski definition) is 3. The molecule has 3 nitrogen and oxygen atoms in total. The van der Waals surface area contributed by atoms with Gasteiger partial charge >= 0.3 is 0 Å². The molecule has 1 aromatic heterocycles. The molecule has 0 N–H and O–H groups in total. The number of aromatic nitrogens is 1. The Hall–Kier alpha value is -1.38. The maximum Gasteiger partial charge on any atom is 0.213 e. The number of aryl methyl sites for hydroxylation is 1. The van der Waals surface area contributed by atoms with E-state index in [-0.39, 0.29) is 5.78 Å². The van der Waals surface area contributed by atoms with Crippen molar-refractivity contribution in [2.45, 2.75) is 13.8 Å². The molecular weight excluding hydrogens is 154 g/mol. The van der Waals surface area contributed by atoms with Crippen LogP contribution in [0.25, 0.3) is 0 Å². The molecule has 0 fully saturated rings. The number of hydrogen-bond donors (Lipinski definition) is 0. The number of pyridine rings is 1. The van der Waals surface area contributed by atoms with Crippen molar-refractivity contribution in [3.8, 4) is 5.88 Å². The number of methoxy groups -OCH3 is 1. The fourth-order valence-corrected chi connectivity index (χ4v) is 0.920. The number of rotatable bonds is 2. The molecule has 0 saturated carbocycles. The number of ketones is 1. The molecule has 0 spiro atoms. The van der Waals surface area contributed by atoms with Crippen LogP contribution in [0.2, 0.25) is 0 Å². The Kier molecular flexibility index (Phi) is 2.43. The Labute approximate surface area is 71.4 Å². The van der Waals surface area contributed by atoms with E-state index < -0.39 is 0 Å². The minimum Gasteiger partial charge on any atom is -0.481 e. The molecule has 1 aromatic rings. The van der Waals surface area contributed by atoms with Crippen LogP contribution in [0.1, 0.15) is 23.0 Å². The third kappa shape index (κ3) is 1.81. The van der Waals surface area contributed by atoms with Gasteiger partial charge in [-0.05, 0) is 18.6 Å². The van der Waals surface area contributed by atoms with Crippen molar-refractivity contribution in [3.05, 3.63) is 23.4 Å². The van der Waals surface area contributed by atoms with Gasteiger partial charge in [-0.3, -0.25) is 4.79 Å². The molecule has 0 aliphatic carbocycles. The van der Waals surface area contributed by atoms with E-state index in [4.69, 9.17) is 4.74 Å². The highest BCUT2D eigenvalue weighted by Crippen LogP contribution is 2.11. The number of nitrogens with zero attached hydrogens (tertiary/aromatic N) is 1. The summed E-state index contributed by atoms with van der Waals surface area (Å²) in [4.78, 5) is 14.9. The van der Waals surface area contributed by atoms with E-state index in [2.05, 4.69) is 4.98 Å². The Bertz CT molecular complexity index is 307. The quantitative estimate of drug-likeness (QED) is 0.625. The highest BCUT2D eigenvalue weighted by atomic mass is 16.5. The largest absolute Gasteiger partial charge is 0.481 e. The predicted molar refractivity (Wildman–Crippen MR) is 45.5 cm³/mol. The maximum absolute atomic E-state index is 10.9. The topological polar surface area (TPSA) is 39.2 Å². The standard InChI is InChI=1S/C9H11NO2/c1-6-4-8(7(2)11)10-9(5-6)12-3/h4-5H,1-3H3. The molecule has 0 aliphatic rings. The summed E-state index contributed by atoms with van der Waals surface area (Å²) in [7, 11) is 1.53. The van der Waals surface area contributed by atoms with E-state index in [1.54, 1.807) is 12.1 Å². The highest BCUT2D eigenvalue weighted by Gasteiger charge is 2.03. The molecule has 0 atom stereocenters. The number of Topliss-reactive ketones (excluding diaryl/α,β-unsaturated/α-hetero) is 1. The van der Waals surface area contributed by atoms with Crippen molar-refractivity contribution in [2.75, 3.05) is 7.11 Å². The minimum absolute atomic E-state index is 0.0444. The van der Waals surface area contributed by atoms with Gasteiger partial charge in [0.2, 0.25) is 5.88 Å². The first-order valence-corrected chi connectivity index (χ1v) is 3.67. The molecule has 0 aliphatic heterocycles. The van der Waals surface area contributed by atoms with Crippen molar-refractivity contribution >= 4 is 5.78 Å². The van der Waals surface area contributed by atoms with E-state index in [1.807, 2.05) is 6.92 Å². The lowest BCUT2D eigenvalue weighted by molar-refractivity contribution is 0.101. The van der Waals surface area contributed by atoms with E-state index in [0.717, 1.165) is 5.56 Å². The molecule has 1 rings (SSSR count). The van der Waals surface area contributed by atoms with Crippen LogP contribution >= 0.6 is 0 Å². The third-order valence-corrected chi connectivity index (χ3v) is 1.52. The molecular formula is C9H11NO2. The monoisotopic (exact) mass is 165 g/mol. The number of carbonyl (C=O) groups is 1. The van der Waals surface area contributed by atoms with Crippen LogP contribution in [0.4, 0.5) is 0 Å². The van der Waals surface area contributed by atoms with Crippen molar-refractivity contribution in [2.24, 2.45) is 0 Å². The second-order valence-corrected chi connectivity index (χ2v) is 2.63. The molecule has 1 heterocycles. The van der Waals surface area contributed by atoms with Crippen LogP contribution in [0, 0.1) is 6.92 Å². The third-order valence-electron chi connectivity index (χ3n) is 1.52. The summed E-state index contributed by atoms with van der Waals surface area (Å²) >= 11 is 0. The summed E-state index contributed by atoms with van der Waals surface area (Å²) in [6.07, 6.45) is 0. The van der Waals surface area contributed by atoms with Gasteiger partial charge in [0.05, 0.1) is 7.11 Å². The van der Waals surface area contributed by atoms with Crippen molar-refractivity contribution in [1.29, 1.82) is 0 Å². The van der Waals surface area contributed by atoms with Crippen LogP contribution in [0.3, 0.4) is 0 Å². The second kappa shape index (κ2) is 3.34. The summed E-state index contributed by atoms with van der Waals surface area (Å²) in [5.41, 5.74) is 1.43. The van der Waals surface area contributed by atoms with Crippen molar-refractivity contribution in [1.82, 2.24) is 4.98 Å². The first-order chi connectivity index (χ1) is 5.63. The zero-order chi connectivity index (χ0) is 9.14. The average Bonchev–Trinajstić information content (AvgIpc) is 2.03. The second-order valence-electron chi connectivity index (χ2n) is 2.63. The zero-order valence-corrected chi connectivity index (χ0v) is 7.42. The van der Waals surface area contributed by atoms with Gasteiger partial charge in [0, 0.05) is 13.0 Å². The van der Waals surface area contributed by atoms with E-state index >= 15 is 0 Å². The molecule has 12 heavy (non-hydrogen) atoms. The van der Waals surface area contributed by atoms with Gasteiger partial charge in [-0.25, -0.2) is 4.98 Å². The summed E-state index contributed by atoms with van der Waals surface area (Å²) < 4.78 is 4.92. The zero-order valence-electron chi connectivity index (χ0n) is 7.42. The molecule has 0 radical (unpaired) electrons. The summed E-state index contributed by atoms with van der Waals surface area (Å²) in [5.74, 6) is 0.442. The molecule has 0 unspecified atom stereocenters. The number of carbonyl (C=O) groups excluding carboxylic acids is 1. The van der Waals surface area contributed by atoms with Crippen LogP contribution in [-0.4, -0.2) is 17.9 Å².